The van der Waals surface area contributed by atoms with E-state index in [-0.39, 0.29) is 5.75 Å². The highest BCUT2D eigenvalue weighted by Gasteiger charge is 2.09. The number of rotatable bonds is 4. The number of aryl methyl sites for hydroxylation is 1. The summed E-state index contributed by atoms with van der Waals surface area (Å²) in [6.07, 6.45) is 0.795. The molecule has 2 aromatic rings. The van der Waals surface area contributed by atoms with Gasteiger partial charge in [-0.2, -0.15) is 0 Å². The van der Waals surface area contributed by atoms with Gasteiger partial charge in [0.15, 0.2) is 11.6 Å². The monoisotopic (exact) mass is 249 g/mol. The van der Waals surface area contributed by atoms with Crippen molar-refractivity contribution in [2.24, 2.45) is 5.84 Å². The van der Waals surface area contributed by atoms with Gasteiger partial charge < -0.3 is 10.2 Å². The zero-order valence-electron chi connectivity index (χ0n) is 10.5. The van der Waals surface area contributed by atoms with Gasteiger partial charge in [0.1, 0.15) is 5.82 Å². The molecule has 1 aromatic carbocycles. The zero-order chi connectivity index (χ0) is 13.1. The predicted molar refractivity (Wildman–Crippen MR) is 70.1 cm³/mol. The number of hydrogen-bond donors (Lipinski definition) is 2. The Balaban J connectivity index is 2.62. The third-order valence-corrected chi connectivity index (χ3v) is 2.76. The van der Waals surface area contributed by atoms with E-state index in [9.17, 15) is 4.39 Å². The van der Waals surface area contributed by atoms with Crippen LogP contribution in [0.25, 0.3) is 10.9 Å². The molecule has 0 unspecified atom stereocenters. The molecule has 2 rings (SSSR count). The maximum atomic E-state index is 13.7. The molecule has 5 heteroatoms. The van der Waals surface area contributed by atoms with Gasteiger partial charge in [-0.25, -0.2) is 15.2 Å². The van der Waals surface area contributed by atoms with Gasteiger partial charge in [-0.05, 0) is 31.0 Å². The van der Waals surface area contributed by atoms with E-state index in [0.717, 1.165) is 17.4 Å². The lowest BCUT2D eigenvalue weighted by molar-refractivity contribution is 0.322. The summed E-state index contributed by atoms with van der Waals surface area (Å²) in [6.45, 7) is 4.26. The molecule has 0 aliphatic rings. The first-order valence-electron chi connectivity index (χ1n) is 5.92. The van der Waals surface area contributed by atoms with Gasteiger partial charge in [0.05, 0.1) is 12.1 Å². The number of nitrogen functional groups attached to an aromatic ring is 1. The van der Waals surface area contributed by atoms with E-state index >= 15 is 0 Å². The van der Waals surface area contributed by atoms with Crippen LogP contribution >= 0.6 is 0 Å². The molecular formula is C13H16FN3O. The molecule has 1 aromatic heterocycles. The number of benzene rings is 1. The van der Waals surface area contributed by atoms with Crippen molar-refractivity contribution in [3.05, 3.63) is 29.6 Å². The number of pyridine rings is 1. The Morgan fingerprint density at radius 3 is 2.72 bits per heavy atom. The average Bonchev–Trinajstić information content (AvgIpc) is 2.38. The van der Waals surface area contributed by atoms with E-state index in [4.69, 9.17) is 10.6 Å². The number of nitrogens with two attached hydrogens (primary N) is 1. The van der Waals surface area contributed by atoms with Gasteiger partial charge in [0.2, 0.25) is 0 Å². The van der Waals surface area contributed by atoms with Crippen LogP contribution in [0.2, 0.25) is 0 Å². The van der Waals surface area contributed by atoms with E-state index in [1.807, 2.05) is 19.9 Å². The Hall–Kier alpha value is -1.88. The van der Waals surface area contributed by atoms with E-state index < -0.39 is 5.82 Å². The van der Waals surface area contributed by atoms with Crippen molar-refractivity contribution in [2.45, 2.75) is 20.3 Å². The molecular weight excluding hydrogens is 233 g/mol. The molecule has 3 N–H and O–H groups in total. The average molecular weight is 249 g/mol. The second-order valence-electron chi connectivity index (χ2n) is 3.90. The van der Waals surface area contributed by atoms with E-state index in [0.29, 0.717) is 17.9 Å². The highest BCUT2D eigenvalue weighted by molar-refractivity contribution is 5.83. The first-order chi connectivity index (χ1) is 8.69. The third-order valence-electron chi connectivity index (χ3n) is 2.76. The highest BCUT2D eigenvalue weighted by atomic mass is 19.1. The van der Waals surface area contributed by atoms with Gasteiger partial charge in [-0.15, -0.1) is 0 Å². The Kier molecular flexibility index (Phi) is 3.62. The second kappa shape index (κ2) is 5.18. The summed E-state index contributed by atoms with van der Waals surface area (Å²) in [5.74, 6) is 5.82. The first kappa shape index (κ1) is 12.6. The molecule has 0 radical (unpaired) electrons. The van der Waals surface area contributed by atoms with Crippen LogP contribution in [0.5, 0.6) is 5.75 Å². The Labute approximate surface area is 105 Å². The van der Waals surface area contributed by atoms with Crippen molar-refractivity contribution >= 4 is 16.7 Å². The van der Waals surface area contributed by atoms with Gasteiger partial charge >= 0.3 is 0 Å². The van der Waals surface area contributed by atoms with Crippen LogP contribution in [0.4, 0.5) is 10.2 Å². The molecule has 18 heavy (non-hydrogen) atoms. The fourth-order valence-corrected chi connectivity index (χ4v) is 1.88. The number of ether oxygens (including phenoxy) is 1. The summed E-state index contributed by atoms with van der Waals surface area (Å²) in [5, 5.41) is 0.843. The van der Waals surface area contributed by atoms with Crippen molar-refractivity contribution in [2.75, 3.05) is 12.0 Å². The second-order valence-corrected chi connectivity index (χ2v) is 3.90. The fourth-order valence-electron chi connectivity index (χ4n) is 1.88. The van der Waals surface area contributed by atoms with Crippen molar-refractivity contribution in [3.63, 3.8) is 0 Å². The Morgan fingerprint density at radius 2 is 2.11 bits per heavy atom. The summed E-state index contributed by atoms with van der Waals surface area (Å²) in [6, 6.07) is 4.97. The van der Waals surface area contributed by atoms with Crippen LogP contribution in [0, 0.1) is 5.82 Å². The number of hydrazine groups is 1. The fraction of sp³-hybridized carbons (Fsp3) is 0.308. The van der Waals surface area contributed by atoms with Crippen LogP contribution in [0.15, 0.2) is 18.2 Å². The molecule has 0 spiro atoms. The third kappa shape index (κ3) is 2.22. The first-order valence-corrected chi connectivity index (χ1v) is 5.92. The lowest BCUT2D eigenvalue weighted by Crippen LogP contribution is -2.11. The summed E-state index contributed by atoms with van der Waals surface area (Å²) in [4.78, 5) is 4.29. The van der Waals surface area contributed by atoms with Crippen LogP contribution in [-0.4, -0.2) is 11.6 Å². The maximum Gasteiger partial charge on any atom is 0.167 e. The minimum Gasteiger partial charge on any atom is -0.491 e. The number of hydrogen-bond acceptors (Lipinski definition) is 4. The molecule has 0 aliphatic carbocycles. The lowest BCUT2D eigenvalue weighted by atomic mass is 10.1. The van der Waals surface area contributed by atoms with Gasteiger partial charge in [0, 0.05) is 11.5 Å². The van der Waals surface area contributed by atoms with Crippen LogP contribution in [-0.2, 0) is 6.42 Å². The summed E-state index contributed by atoms with van der Waals surface area (Å²) >= 11 is 0. The number of anilines is 1. The molecule has 0 saturated carbocycles. The van der Waals surface area contributed by atoms with E-state index in [1.54, 1.807) is 6.07 Å². The van der Waals surface area contributed by atoms with Crippen LogP contribution in [0.1, 0.15) is 19.4 Å². The summed E-state index contributed by atoms with van der Waals surface area (Å²) < 4.78 is 18.9. The van der Waals surface area contributed by atoms with Gasteiger partial charge in [0.25, 0.3) is 0 Å². The molecule has 1 heterocycles. The molecule has 0 amide bonds. The largest absolute Gasteiger partial charge is 0.491 e. The van der Waals surface area contributed by atoms with Crippen LogP contribution in [0.3, 0.4) is 0 Å². The topological polar surface area (TPSA) is 60.2 Å². The SMILES string of the molecule is CCOc1cc2cc(CC)c(NN)nc2cc1F. The Bertz CT molecular complexity index is 572. The smallest absolute Gasteiger partial charge is 0.167 e. The molecule has 0 bridgehead atoms. The quantitative estimate of drug-likeness (QED) is 0.646. The van der Waals surface area contributed by atoms with Crippen molar-refractivity contribution < 1.29 is 9.13 Å². The molecule has 0 saturated heterocycles. The maximum absolute atomic E-state index is 13.7. The van der Waals surface area contributed by atoms with Gasteiger partial charge in [-0.3, -0.25) is 0 Å². The number of nitrogens with one attached hydrogen (secondary N) is 1. The summed E-state index contributed by atoms with van der Waals surface area (Å²) in [5.41, 5.74) is 4.07. The number of aromatic nitrogens is 1. The van der Waals surface area contributed by atoms with E-state index in [1.165, 1.54) is 6.07 Å². The minimum absolute atomic E-state index is 0.252. The Morgan fingerprint density at radius 1 is 1.33 bits per heavy atom. The normalized spacial score (nSPS) is 10.7. The molecule has 4 nitrogen and oxygen atoms in total. The van der Waals surface area contributed by atoms with Crippen molar-refractivity contribution in [1.82, 2.24) is 4.98 Å². The predicted octanol–water partition coefficient (Wildman–Crippen LogP) is 2.62. The molecule has 0 atom stereocenters. The number of nitrogens with zero attached hydrogens (tertiary/aromatic N) is 1. The standard InChI is InChI=1S/C13H16FN3O/c1-3-8-5-9-6-12(18-4-2)10(14)7-11(9)16-13(8)17-15/h5-7H,3-4,15H2,1-2H3,(H,16,17). The lowest BCUT2D eigenvalue weighted by Gasteiger charge is -2.10. The van der Waals surface area contributed by atoms with Crippen molar-refractivity contribution in [3.8, 4) is 5.75 Å². The number of fused-ring (bicyclic) bond motifs is 1. The van der Waals surface area contributed by atoms with Gasteiger partial charge in [-0.1, -0.05) is 6.92 Å². The van der Waals surface area contributed by atoms with E-state index in [2.05, 4.69) is 10.4 Å². The molecule has 0 fully saturated rings. The molecule has 0 aliphatic heterocycles. The minimum atomic E-state index is -0.413. The van der Waals surface area contributed by atoms with Crippen molar-refractivity contribution in [1.29, 1.82) is 0 Å². The summed E-state index contributed by atoms with van der Waals surface area (Å²) in [7, 11) is 0. The molecule has 96 valence electrons. The zero-order valence-corrected chi connectivity index (χ0v) is 10.5. The highest BCUT2D eigenvalue weighted by Crippen LogP contribution is 2.27. The number of halogens is 1. The van der Waals surface area contributed by atoms with Crippen LogP contribution < -0.4 is 16.0 Å².